The standard InChI is InChI=1S/C21H32O5/c1-2-3-4-5-6-7-8-9-10-11-14-25-19-13-12-18(16-22)15-20(19)26-17-21(23)24/h12-13,15-16H,2-11,14,17H2,1H3,(H,23,24). The molecule has 0 saturated heterocycles. The van der Waals surface area contributed by atoms with Gasteiger partial charge in [-0.3, -0.25) is 4.79 Å². The zero-order valence-corrected chi connectivity index (χ0v) is 15.9. The Balaban J connectivity index is 2.21. The molecule has 0 aliphatic heterocycles. The number of carbonyl (C=O) groups is 2. The average molecular weight is 364 g/mol. The Morgan fingerprint density at radius 3 is 2.12 bits per heavy atom. The van der Waals surface area contributed by atoms with Crippen LogP contribution in [0.3, 0.4) is 0 Å². The number of aliphatic carboxylic acids is 1. The Labute approximate surface area is 156 Å². The lowest BCUT2D eigenvalue weighted by Crippen LogP contribution is -2.10. The zero-order chi connectivity index (χ0) is 19.0. The number of unbranched alkanes of at least 4 members (excludes halogenated alkanes) is 9. The summed E-state index contributed by atoms with van der Waals surface area (Å²) in [4.78, 5) is 21.5. The number of ether oxygens (including phenoxy) is 2. The van der Waals surface area contributed by atoms with Crippen LogP contribution in [0.15, 0.2) is 18.2 Å². The van der Waals surface area contributed by atoms with Crippen LogP contribution in [0.25, 0.3) is 0 Å². The molecule has 0 heterocycles. The van der Waals surface area contributed by atoms with Crippen LogP contribution < -0.4 is 9.47 Å². The Morgan fingerprint density at radius 1 is 0.923 bits per heavy atom. The minimum Gasteiger partial charge on any atom is -0.490 e. The monoisotopic (exact) mass is 364 g/mol. The third-order valence-electron chi connectivity index (χ3n) is 4.21. The van der Waals surface area contributed by atoms with Crippen molar-refractivity contribution in [3.63, 3.8) is 0 Å². The lowest BCUT2D eigenvalue weighted by atomic mass is 10.1. The largest absolute Gasteiger partial charge is 0.490 e. The second kappa shape index (κ2) is 14.2. The highest BCUT2D eigenvalue weighted by Crippen LogP contribution is 2.28. The quantitative estimate of drug-likeness (QED) is 0.320. The number of rotatable bonds is 16. The summed E-state index contributed by atoms with van der Waals surface area (Å²) in [5.41, 5.74) is 0.427. The van der Waals surface area contributed by atoms with E-state index < -0.39 is 12.6 Å². The van der Waals surface area contributed by atoms with Crippen LogP contribution in [0.2, 0.25) is 0 Å². The zero-order valence-electron chi connectivity index (χ0n) is 15.9. The molecular weight excluding hydrogens is 332 g/mol. The van der Waals surface area contributed by atoms with E-state index in [2.05, 4.69) is 6.92 Å². The number of hydrogen-bond donors (Lipinski definition) is 1. The fourth-order valence-corrected chi connectivity index (χ4v) is 2.74. The molecule has 0 aliphatic carbocycles. The topological polar surface area (TPSA) is 72.8 Å². The number of carboxylic acid groups (broad SMARTS) is 1. The highest BCUT2D eigenvalue weighted by molar-refractivity contribution is 5.76. The maximum Gasteiger partial charge on any atom is 0.341 e. The molecule has 0 radical (unpaired) electrons. The molecule has 0 atom stereocenters. The summed E-state index contributed by atoms with van der Waals surface area (Å²) in [7, 11) is 0. The van der Waals surface area contributed by atoms with E-state index in [1.165, 1.54) is 57.4 Å². The number of aldehydes is 1. The Morgan fingerprint density at radius 2 is 1.54 bits per heavy atom. The summed E-state index contributed by atoms with van der Waals surface area (Å²) >= 11 is 0. The minimum absolute atomic E-state index is 0.295. The number of benzene rings is 1. The molecule has 0 unspecified atom stereocenters. The van der Waals surface area contributed by atoms with Crippen LogP contribution in [0.5, 0.6) is 11.5 Å². The highest BCUT2D eigenvalue weighted by Gasteiger charge is 2.09. The van der Waals surface area contributed by atoms with Gasteiger partial charge in [0.25, 0.3) is 0 Å². The molecule has 0 amide bonds. The van der Waals surface area contributed by atoms with E-state index in [0.717, 1.165) is 12.8 Å². The van der Waals surface area contributed by atoms with Gasteiger partial charge in [0.15, 0.2) is 18.1 Å². The van der Waals surface area contributed by atoms with E-state index >= 15 is 0 Å². The second-order valence-electron chi connectivity index (χ2n) is 6.54. The molecule has 1 aromatic rings. The van der Waals surface area contributed by atoms with Gasteiger partial charge in [0.1, 0.15) is 6.29 Å². The number of carboxylic acids is 1. The molecule has 5 heteroatoms. The van der Waals surface area contributed by atoms with Gasteiger partial charge in [-0.2, -0.15) is 0 Å². The molecule has 1 aromatic carbocycles. The van der Waals surface area contributed by atoms with Crippen LogP contribution in [0.1, 0.15) is 81.5 Å². The van der Waals surface area contributed by atoms with Gasteiger partial charge in [-0.05, 0) is 24.6 Å². The molecule has 0 fully saturated rings. The molecule has 146 valence electrons. The number of carbonyl (C=O) groups excluding carboxylic acids is 1. The van der Waals surface area contributed by atoms with Crippen molar-refractivity contribution in [1.29, 1.82) is 0 Å². The minimum atomic E-state index is -1.07. The Bertz CT molecular complexity index is 527. The van der Waals surface area contributed by atoms with Gasteiger partial charge in [0, 0.05) is 5.56 Å². The van der Waals surface area contributed by atoms with Crippen molar-refractivity contribution >= 4 is 12.3 Å². The van der Waals surface area contributed by atoms with E-state index in [-0.39, 0.29) is 0 Å². The summed E-state index contributed by atoms with van der Waals surface area (Å²) in [6.07, 6.45) is 13.2. The van der Waals surface area contributed by atoms with E-state index in [1.807, 2.05) is 0 Å². The molecule has 26 heavy (non-hydrogen) atoms. The molecular formula is C21H32O5. The SMILES string of the molecule is CCCCCCCCCCCCOc1ccc(C=O)cc1OCC(=O)O. The first kappa shape index (κ1) is 22.0. The first-order valence-electron chi connectivity index (χ1n) is 9.74. The van der Waals surface area contributed by atoms with Crippen molar-refractivity contribution in [2.45, 2.75) is 71.1 Å². The third kappa shape index (κ3) is 10.1. The van der Waals surface area contributed by atoms with Gasteiger partial charge in [0.05, 0.1) is 6.61 Å². The van der Waals surface area contributed by atoms with Crippen molar-refractivity contribution in [3.05, 3.63) is 23.8 Å². The predicted octanol–water partition coefficient (Wildman–Crippen LogP) is 5.26. The van der Waals surface area contributed by atoms with Gasteiger partial charge >= 0.3 is 5.97 Å². The molecule has 0 spiro atoms. The van der Waals surface area contributed by atoms with Gasteiger partial charge < -0.3 is 14.6 Å². The van der Waals surface area contributed by atoms with Gasteiger partial charge in [-0.15, -0.1) is 0 Å². The fraction of sp³-hybridized carbons (Fsp3) is 0.619. The molecule has 5 nitrogen and oxygen atoms in total. The highest BCUT2D eigenvalue weighted by atomic mass is 16.5. The van der Waals surface area contributed by atoms with Gasteiger partial charge in [-0.1, -0.05) is 64.7 Å². The lowest BCUT2D eigenvalue weighted by molar-refractivity contribution is -0.139. The van der Waals surface area contributed by atoms with Crippen molar-refractivity contribution in [2.75, 3.05) is 13.2 Å². The van der Waals surface area contributed by atoms with Crippen LogP contribution in [-0.4, -0.2) is 30.6 Å². The van der Waals surface area contributed by atoms with Crippen molar-refractivity contribution < 1.29 is 24.2 Å². The maximum absolute atomic E-state index is 10.9. The van der Waals surface area contributed by atoms with Gasteiger partial charge in [0.2, 0.25) is 0 Å². The average Bonchev–Trinajstić information content (AvgIpc) is 2.64. The van der Waals surface area contributed by atoms with Crippen LogP contribution >= 0.6 is 0 Å². The normalized spacial score (nSPS) is 10.5. The van der Waals surface area contributed by atoms with E-state index in [9.17, 15) is 9.59 Å². The van der Waals surface area contributed by atoms with Gasteiger partial charge in [-0.25, -0.2) is 4.79 Å². The predicted molar refractivity (Wildman–Crippen MR) is 102 cm³/mol. The van der Waals surface area contributed by atoms with Crippen molar-refractivity contribution in [1.82, 2.24) is 0 Å². The fourth-order valence-electron chi connectivity index (χ4n) is 2.74. The lowest BCUT2D eigenvalue weighted by Gasteiger charge is -2.12. The molecule has 0 saturated carbocycles. The maximum atomic E-state index is 10.9. The summed E-state index contributed by atoms with van der Waals surface area (Å²) in [6, 6.07) is 4.79. The molecule has 0 bridgehead atoms. The van der Waals surface area contributed by atoms with E-state index in [4.69, 9.17) is 14.6 Å². The number of hydrogen-bond acceptors (Lipinski definition) is 4. The Kier molecular flexibility index (Phi) is 12.0. The first-order chi connectivity index (χ1) is 12.7. The first-order valence-corrected chi connectivity index (χ1v) is 9.74. The molecule has 1 N–H and O–H groups in total. The molecule has 0 aromatic heterocycles. The third-order valence-corrected chi connectivity index (χ3v) is 4.21. The van der Waals surface area contributed by atoms with E-state index in [1.54, 1.807) is 12.1 Å². The smallest absolute Gasteiger partial charge is 0.341 e. The molecule has 0 aliphatic rings. The van der Waals surface area contributed by atoms with E-state index in [0.29, 0.717) is 30.0 Å². The summed E-state index contributed by atoms with van der Waals surface area (Å²) in [6.45, 7) is 2.33. The van der Waals surface area contributed by atoms with Crippen LogP contribution in [0, 0.1) is 0 Å². The summed E-state index contributed by atoms with van der Waals surface area (Å²) in [5, 5.41) is 8.73. The molecule has 1 rings (SSSR count). The summed E-state index contributed by atoms with van der Waals surface area (Å²) < 4.78 is 10.9. The van der Waals surface area contributed by atoms with Crippen LogP contribution in [-0.2, 0) is 4.79 Å². The van der Waals surface area contributed by atoms with Crippen molar-refractivity contribution in [2.24, 2.45) is 0 Å². The van der Waals surface area contributed by atoms with Crippen molar-refractivity contribution in [3.8, 4) is 11.5 Å². The second-order valence-corrected chi connectivity index (χ2v) is 6.54. The van der Waals surface area contributed by atoms with Crippen LogP contribution in [0.4, 0.5) is 0 Å². The Hall–Kier alpha value is -2.04. The summed E-state index contributed by atoms with van der Waals surface area (Å²) in [5.74, 6) is -0.293.